The largest absolute Gasteiger partial charge is 0.395 e. The number of H-pyrrole nitrogens is 1. The standard InChI is InChI=1S/C15H17ClN4O/c1-9-13(17)14(19-18-9)15(21)20-7-3-6-12(20)10-4-2-5-11(16)8-10/h2,4-5,8,12H,3,6-7,17H2,1H3,(H,18,19). The van der Waals surface area contributed by atoms with Gasteiger partial charge in [-0.2, -0.15) is 5.10 Å². The number of aromatic amines is 1. The van der Waals surface area contributed by atoms with Crippen molar-refractivity contribution in [1.82, 2.24) is 15.1 Å². The Kier molecular flexibility index (Phi) is 3.59. The number of amides is 1. The van der Waals surface area contributed by atoms with Crippen molar-refractivity contribution >= 4 is 23.2 Å². The molecular weight excluding hydrogens is 288 g/mol. The predicted octanol–water partition coefficient (Wildman–Crippen LogP) is 2.93. The SMILES string of the molecule is Cc1[nH]nc(C(=O)N2CCCC2c2cccc(Cl)c2)c1N. The fourth-order valence-corrected chi connectivity index (χ4v) is 3.01. The maximum Gasteiger partial charge on any atom is 0.277 e. The molecule has 0 spiro atoms. The van der Waals surface area contributed by atoms with Crippen LogP contribution in [0.3, 0.4) is 0 Å². The third kappa shape index (κ3) is 2.49. The van der Waals surface area contributed by atoms with Crippen LogP contribution in [0.2, 0.25) is 5.02 Å². The number of benzene rings is 1. The lowest BCUT2D eigenvalue weighted by atomic mass is 10.0. The Morgan fingerprint density at radius 3 is 3.00 bits per heavy atom. The van der Waals surface area contributed by atoms with Gasteiger partial charge in [-0.25, -0.2) is 0 Å². The number of nitrogens with one attached hydrogen (secondary N) is 1. The first-order valence-electron chi connectivity index (χ1n) is 6.95. The molecule has 1 saturated heterocycles. The van der Waals surface area contributed by atoms with Gasteiger partial charge in [-0.05, 0) is 37.5 Å². The molecule has 6 heteroatoms. The van der Waals surface area contributed by atoms with E-state index in [2.05, 4.69) is 10.2 Å². The minimum Gasteiger partial charge on any atom is -0.395 e. The van der Waals surface area contributed by atoms with E-state index >= 15 is 0 Å². The minimum atomic E-state index is -0.126. The summed E-state index contributed by atoms with van der Waals surface area (Å²) in [4.78, 5) is 14.5. The van der Waals surface area contributed by atoms with Crippen LogP contribution in [-0.2, 0) is 0 Å². The Morgan fingerprint density at radius 2 is 2.33 bits per heavy atom. The first-order chi connectivity index (χ1) is 10.1. The number of nitrogens with two attached hydrogens (primary N) is 1. The molecule has 3 rings (SSSR count). The Morgan fingerprint density at radius 1 is 1.52 bits per heavy atom. The second kappa shape index (κ2) is 5.41. The van der Waals surface area contributed by atoms with Crippen molar-refractivity contribution in [2.45, 2.75) is 25.8 Å². The van der Waals surface area contributed by atoms with Gasteiger partial charge in [-0.1, -0.05) is 23.7 Å². The van der Waals surface area contributed by atoms with Crippen LogP contribution in [-0.4, -0.2) is 27.5 Å². The van der Waals surface area contributed by atoms with Gasteiger partial charge in [-0.15, -0.1) is 0 Å². The van der Waals surface area contributed by atoms with Crippen LogP contribution in [0.15, 0.2) is 24.3 Å². The highest BCUT2D eigenvalue weighted by atomic mass is 35.5. The molecule has 2 aromatic rings. The Hall–Kier alpha value is -2.01. The van der Waals surface area contributed by atoms with Gasteiger partial charge < -0.3 is 10.6 Å². The molecule has 1 atom stereocenters. The molecule has 1 amide bonds. The van der Waals surface area contributed by atoms with Crippen LogP contribution in [0, 0.1) is 6.92 Å². The molecule has 0 bridgehead atoms. The van der Waals surface area contributed by atoms with Gasteiger partial charge >= 0.3 is 0 Å². The zero-order valence-corrected chi connectivity index (χ0v) is 12.5. The average molecular weight is 305 g/mol. The summed E-state index contributed by atoms with van der Waals surface area (Å²) in [5, 5.41) is 7.48. The maximum atomic E-state index is 12.7. The van der Waals surface area contributed by atoms with E-state index in [9.17, 15) is 4.79 Å². The lowest BCUT2D eigenvalue weighted by Crippen LogP contribution is -2.31. The second-order valence-electron chi connectivity index (χ2n) is 5.32. The number of nitrogen functional groups attached to an aromatic ring is 1. The number of nitrogens with zero attached hydrogens (tertiary/aromatic N) is 2. The molecule has 5 nitrogen and oxygen atoms in total. The van der Waals surface area contributed by atoms with E-state index in [0.29, 0.717) is 22.9 Å². The van der Waals surface area contributed by atoms with Gasteiger partial charge in [0.05, 0.1) is 17.4 Å². The molecule has 1 aliphatic rings. The number of hydrogen-bond donors (Lipinski definition) is 2. The normalized spacial score (nSPS) is 18.2. The van der Waals surface area contributed by atoms with Gasteiger partial charge in [0.15, 0.2) is 5.69 Å². The highest BCUT2D eigenvalue weighted by molar-refractivity contribution is 6.30. The van der Waals surface area contributed by atoms with Gasteiger partial charge in [-0.3, -0.25) is 9.89 Å². The van der Waals surface area contributed by atoms with Crippen LogP contribution in [0.4, 0.5) is 5.69 Å². The summed E-state index contributed by atoms with van der Waals surface area (Å²) in [6.07, 6.45) is 1.89. The van der Waals surface area contributed by atoms with E-state index in [0.717, 1.165) is 24.1 Å². The van der Waals surface area contributed by atoms with Gasteiger partial charge in [0.2, 0.25) is 0 Å². The number of likely N-dealkylation sites (tertiary alicyclic amines) is 1. The molecule has 1 unspecified atom stereocenters. The number of aromatic nitrogens is 2. The summed E-state index contributed by atoms with van der Waals surface area (Å²) in [7, 11) is 0. The number of halogens is 1. The van der Waals surface area contributed by atoms with E-state index in [1.807, 2.05) is 29.2 Å². The minimum absolute atomic E-state index is 0.0348. The number of anilines is 1. The molecule has 0 aliphatic carbocycles. The topological polar surface area (TPSA) is 75.0 Å². The smallest absolute Gasteiger partial charge is 0.277 e. The molecule has 1 fully saturated rings. The van der Waals surface area contributed by atoms with Crippen molar-refractivity contribution in [3.8, 4) is 0 Å². The Bertz CT molecular complexity index is 682. The van der Waals surface area contributed by atoms with Crippen LogP contribution < -0.4 is 5.73 Å². The first kappa shape index (κ1) is 13.9. The average Bonchev–Trinajstić information content (AvgIpc) is 3.07. The summed E-state index contributed by atoms with van der Waals surface area (Å²) in [5.74, 6) is -0.126. The third-order valence-corrected chi connectivity index (χ3v) is 4.18. The summed E-state index contributed by atoms with van der Waals surface area (Å²) >= 11 is 6.06. The van der Waals surface area contributed by atoms with Crippen LogP contribution in [0.25, 0.3) is 0 Å². The first-order valence-corrected chi connectivity index (χ1v) is 7.32. The second-order valence-corrected chi connectivity index (χ2v) is 5.76. The van der Waals surface area contributed by atoms with E-state index < -0.39 is 0 Å². The van der Waals surface area contributed by atoms with Crippen LogP contribution >= 0.6 is 11.6 Å². The van der Waals surface area contributed by atoms with E-state index in [1.54, 1.807) is 6.92 Å². The monoisotopic (exact) mass is 304 g/mol. The number of carbonyl (C=O) groups is 1. The van der Waals surface area contributed by atoms with Crippen molar-refractivity contribution in [2.75, 3.05) is 12.3 Å². The molecule has 0 radical (unpaired) electrons. The lowest BCUT2D eigenvalue weighted by Gasteiger charge is -2.24. The Labute approximate surface area is 128 Å². The van der Waals surface area contributed by atoms with Crippen LogP contribution in [0.1, 0.15) is 40.6 Å². The summed E-state index contributed by atoms with van der Waals surface area (Å²) in [6, 6.07) is 7.69. The molecule has 110 valence electrons. The number of aryl methyl sites for hydroxylation is 1. The van der Waals surface area contributed by atoms with Crippen molar-refractivity contribution < 1.29 is 4.79 Å². The van der Waals surface area contributed by atoms with Gasteiger partial charge in [0, 0.05) is 11.6 Å². The molecule has 3 N–H and O–H groups in total. The quantitative estimate of drug-likeness (QED) is 0.895. The van der Waals surface area contributed by atoms with Gasteiger partial charge in [0.25, 0.3) is 5.91 Å². The van der Waals surface area contributed by atoms with Gasteiger partial charge in [0.1, 0.15) is 0 Å². The highest BCUT2D eigenvalue weighted by Gasteiger charge is 2.32. The molecule has 2 heterocycles. The van der Waals surface area contributed by atoms with Crippen molar-refractivity contribution in [2.24, 2.45) is 0 Å². The highest BCUT2D eigenvalue weighted by Crippen LogP contribution is 2.34. The van der Waals surface area contributed by atoms with Crippen molar-refractivity contribution in [3.05, 3.63) is 46.2 Å². The molecule has 1 aromatic heterocycles. The van der Waals surface area contributed by atoms with Crippen LogP contribution in [0.5, 0.6) is 0 Å². The van der Waals surface area contributed by atoms with Crippen molar-refractivity contribution in [1.29, 1.82) is 0 Å². The predicted molar refractivity (Wildman–Crippen MR) is 82.2 cm³/mol. The summed E-state index contributed by atoms with van der Waals surface area (Å²) in [5.41, 5.74) is 8.43. The zero-order chi connectivity index (χ0) is 15.0. The molecular formula is C15H17ClN4O. The number of hydrogen-bond acceptors (Lipinski definition) is 3. The fourth-order valence-electron chi connectivity index (χ4n) is 2.81. The molecule has 0 saturated carbocycles. The van der Waals surface area contributed by atoms with Crippen molar-refractivity contribution in [3.63, 3.8) is 0 Å². The maximum absolute atomic E-state index is 12.7. The van der Waals surface area contributed by atoms with E-state index in [4.69, 9.17) is 17.3 Å². The fraction of sp³-hybridized carbons (Fsp3) is 0.333. The number of rotatable bonds is 2. The Balaban J connectivity index is 1.90. The molecule has 21 heavy (non-hydrogen) atoms. The lowest BCUT2D eigenvalue weighted by molar-refractivity contribution is 0.0730. The third-order valence-electron chi connectivity index (χ3n) is 3.94. The zero-order valence-electron chi connectivity index (χ0n) is 11.8. The van der Waals surface area contributed by atoms with E-state index in [1.165, 1.54) is 0 Å². The summed E-state index contributed by atoms with van der Waals surface area (Å²) < 4.78 is 0. The number of carbonyl (C=O) groups excluding carboxylic acids is 1. The molecule has 1 aromatic carbocycles. The van der Waals surface area contributed by atoms with E-state index in [-0.39, 0.29) is 11.9 Å². The summed E-state index contributed by atoms with van der Waals surface area (Å²) in [6.45, 7) is 2.51. The molecule has 1 aliphatic heterocycles.